The largest absolute Gasteiger partial charge is 0.380 e. The number of nitrogens with two attached hydrogens (primary N) is 1. The predicted molar refractivity (Wildman–Crippen MR) is 46.6 cm³/mol. The molecule has 1 aliphatic rings. The van der Waals surface area contributed by atoms with Gasteiger partial charge in [-0.2, -0.15) is 0 Å². The van der Waals surface area contributed by atoms with Crippen molar-refractivity contribution in [2.75, 3.05) is 11.9 Å². The Hall–Kier alpha value is -1.09. The maximum absolute atomic E-state index is 13.1. The molecule has 0 amide bonds. The Morgan fingerprint density at radius 2 is 2.42 bits per heavy atom. The third-order valence-electron chi connectivity index (χ3n) is 2.21. The molecule has 0 saturated heterocycles. The molecule has 3 N–H and O–H groups in total. The highest BCUT2D eigenvalue weighted by atomic mass is 19.1. The van der Waals surface area contributed by atoms with Crippen molar-refractivity contribution in [3.63, 3.8) is 0 Å². The summed E-state index contributed by atoms with van der Waals surface area (Å²) < 4.78 is 13.1. The lowest BCUT2D eigenvalue weighted by Crippen LogP contribution is -2.25. The van der Waals surface area contributed by atoms with Crippen LogP contribution in [0, 0.1) is 5.82 Å². The minimum Gasteiger partial charge on any atom is -0.380 e. The van der Waals surface area contributed by atoms with Crippen molar-refractivity contribution >= 4 is 5.69 Å². The highest BCUT2D eigenvalue weighted by Crippen LogP contribution is 2.27. The topological polar surface area (TPSA) is 38.0 Å². The normalized spacial score (nSPS) is 20.3. The van der Waals surface area contributed by atoms with Crippen LogP contribution in [0.1, 0.15) is 5.56 Å². The quantitative estimate of drug-likeness (QED) is 0.656. The summed E-state index contributed by atoms with van der Waals surface area (Å²) in [5.74, 6) is -0.129. The summed E-state index contributed by atoms with van der Waals surface area (Å²) in [6.07, 6.45) is 0.707. The molecule has 0 aromatic heterocycles. The van der Waals surface area contributed by atoms with Crippen LogP contribution in [0.15, 0.2) is 18.2 Å². The van der Waals surface area contributed by atoms with Crippen LogP contribution in [0.2, 0.25) is 0 Å². The van der Waals surface area contributed by atoms with Crippen LogP contribution in [0.5, 0.6) is 0 Å². The fraction of sp³-hybridized carbons (Fsp3) is 0.333. The molecule has 0 saturated carbocycles. The second-order valence-electron chi connectivity index (χ2n) is 3.05. The molecule has 1 unspecified atom stereocenters. The van der Waals surface area contributed by atoms with E-state index in [1.54, 1.807) is 6.07 Å². The van der Waals surface area contributed by atoms with Crippen molar-refractivity contribution < 1.29 is 4.39 Å². The lowest BCUT2D eigenvalue weighted by atomic mass is 10.1. The second-order valence-corrected chi connectivity index (χ2v) is 3.05. The van der Waals surface area contributed by atoms with Crippen molar-refractivity contribution in [3.8, 4) is 0 Å². The molecule has 3 heteroatoms. The summed E-state index contributed by atoms with van der Waals surface area (Å²) in [7, 11) is 0. The van der Waals surface area contributed by atoms with E-state index in [4.69, 9.17) is 5.73 Å². The number of hydrogen-bond acceptors (Lipinski definition) is 2. The first-order chi connectivity index (χ1) is 5.81. The molecular weight excluding hydrogens is 155 g/mol. The van der Waals surface area contributed by atoms with Gasteiger partial charge in [0.25, 0.3) is 0 Å². The fourth-order valence-electron chi connectivity index (χ4n) is 1.56. The standard InChI is InChI=1S/C9H11FN2/c10-8-2-1-3-9-7(8)4-6(5-11)12-9/h1-3,6,12H,4-5,11H2. The van der Waals surface area contributed by atoms with Gasteiger partial charge in [0.2, 0.25) is 0 Å². The summed E-state index contributed by atoms with van der Waals surface area (Å²) in [5, 5.41) is 3.16. The molecule has 1 aliphatic heterocycles. The maximum atomic E-state index is 13.1. The van der Waals surface area contributed by atoms with Crippen molar-refractivity contribution in [1.29, 1.82) is 0 Å². The van der Waals surface area contributed by atoms with Gasteiger partial charge in [0, 0.05) is 23.8 Å². The van der Waals surface area contributed by atoms with Gasteiger partial charge in [-0.3, -0.25) is 0 Å². The first-order valence-corrected chi connectivity index (χ1v) is 4.05. The number of benzene rings is 1. The van der Waals surface area contributed by atoms with Gasteiger partial charge in [0.15, 0.2) is 0 Å². The van der Waals surface area contributed by atoms with E-state index >= 15 is 0 Å². The van der Waals surface area contributed by atoms with Crippen LogP contribution in [0.3, 0.4) is 0 Å². The van der Waals surface area contributed by atoms with Gasteiger partial charge in [-0.25, -0.2) is 4.39 Å². The Balaban J connectivity index is 2.35. The zero-order valence-electron chi connectivity index (χ0n) is 6.68. The minimum atomic E-state index is -0.129. The van der Waals surface area contributed by atoms with Crippen molar-refractivity contribution in [2.24, 2.45) is 5.73 Å². The number of nitrogens with one attached hydrogen (secondary N) is 1. The monoisotopic (exact) mass is 166 g/mol. The van der Waals surface area contributed by atoms with E-state index in [1.165, 1.54) is 6.07 Å². The Morgan fingerprint density at radius 3 is 3.08 bits per heavy atom. The number of hydrogen-bond donors (Lipinski definition) is 2. The minimum absolute atomic E-state index is 0.129. The number of halogens is 1. The third-order valence-corrected chi connectivity index (χ3v) is 2.21. The zero-order chi connectivity index (χ0) is 8.55. The van der Waals surface area contributed by atoms with Crippen LogP contribution >= 0.6 is 0 Å². The molecule has 2 rings (SSSR count). The first-order valence-electron chi connectivity index (χ1n) is 4.05. The molecule has 0 spiro atoms. The Kier molecular flexibility index (Phi) is 1.73. The van der Waals surface area contributed by atoms with E-state index in [0.717, 1.165) is 11.3 Å². The highest BCUT2D eigenvalue weighted by Gasteiger charge is 2.21. The molecule has 1 heterocycles. The van der Waals surface area contributed by atoms with Crippen LogP contribution in [-0.4, -0.2) is 12.6 Å². The number of fused-ring (bicyclic) bond motifs is 1. The van der Waals surface area contributed by atoms with Gasteiger partial charge in [0.05, 0.1) is 0 Å². The van der Waals surface area contributed by atoms with Crippen molar-refractivity contribution in [2.45, 2.75) is 12.5 Å². The van der Waals surface area contributed by atoms with E-state index in [-0.39, 0.29) is 11.9 Å². The Labute approximate surface area is 70.6 Å². The van der Waals surface area contributed by atoms with Gasteiger partial charge in [-0.1, -0.05) is 6.07 Å². The molecule has 0 aliphatic carbocycles. The van der Waals surface area contributed by atoms with Gasteiger partial charge in [0.1, 0.15) is 5.82 Å². The summed E-state index contributed by atoms with van der Waals surface area (Å²) in [5.41, 5.74) is 7.14. The first kappa shape index (κ1) is 7.55. The van der Waals surface area contributed by atoms with Gasteiger partial charge in [-0.15, -0.1) is 0 Å². The van der Waals surface area contributed by atoms with E-state index in [1.807, 2.05) is 6.07 Å². The van der Waals surface area contributed by atoms with Gasteiger partial charge < -0.3 is 11.1 Å². The lowest BCUT2D eigenvalue weighted by molar-refractivity contribution is 0.608. The van der Waals surface area contributed by atoms with Gasteiger partial charge >= 0.3 is 0 Å². The molecule has 12 heavy (non-hydrogen) atoms. The lowest BCUT2D eigenvalue weighted by Gasteiger charge is -2.05. The molecule has 0 bridgehead atoms. The van der Waals surface area contributed by atoms with Crippen molar-refractivity contribution in [3.05, 3.63) is 29.6 Å². The molecule has 1 atom stereocenters. The highest BCUT2D eigenvalue weighted by molar-refractivity contribution is 5.57. The van der Waals surface area contributed by atoms with E-state index in [0.29, 0.717) is 13.0 Å². The average molecular weight is 166 g/mol. The van der Waals surface area contributed by atoms with Crippen LogP contribution < -0.4 is 11.1 Å². The smallest absolute Gasteiger partial charge is 0.128 e. The van der Waals surface area contributed by atoms with E-state index < -0.39 is 0 Å². The molecule has 0 radical (unpaired) electrons. The Morgan fingerprint density at radius 1 is 1.58 bits per heavy atom. The summed E-state index contributed by atoms with van der Waals surface area (Å²) in [6, 6.07) is 5.28. The molecule has 0 fully saturated rings. The molecule has 1 aromatic carbocycles. The van der Waals surface area contributed by atoms with Crippen LogP contribution in [0.25, 0.3) is 0 Å². The zero-order valence-corrected chi connectivity index (χ0v) is 6.68. The molecule has 2 nitrogen and oxygen atoms in total. The SMILES string of the molecule is NCC1Cc2c(F)cccc2N1. The summed E-state index contributed by atoms with van der Waals surface area (Å²) in [6.45, 7) is 0.550. The van der Waals surface area contributed by atoms with E-state index in [9.17, 15) is 4.39 Å². The predicted octanol–water partition coefficient (Wildman–Crippen LogP) is 1.12. The third kappa shape index (κ3) is 1.06. The van der Waals surface area contributed by atoms with Gasteiger partial charge in [-0.05, 0) is 18.6 Å². The van der Waals surface area contributed by atoms with E-state index in [2.05, 4.69) is 5.32 Å². The van der Waals surface area contributed by atoms with Crippen molar-refractivity contribution in [1.82, 2.24) is 0 Å². The molecular formula is C9H11FN2. The fourth-order valence-corrected chi connectivity index (χ4v) is 1.56. The summed E-state index contributed by atoms with van der Waals surface area (Å²) in [4.78, 5) is 0. The van der Waals surface area contributed by atoms with Crippen LogP contribution in [0.4, 0.5) is 10.1 Å². The number of rotatable bonds is 1. The molecule has 64 valence electrons. The summed E-state index contributed by atoms with van der Waals surface area (Å²) >= 11 is 0. The molecule has 1 aromatic rings. The average Bonchev–Trinajstić information content (AvgIpc) is 2.49. The van der Waals surface area contributed by atoms with Crippen LogP contribution in [-0.2, 0) is 6.42 Å². The second kappa shape index (κ2) is 2.75. The maximum Gasteiger partial charge on any atom is 0.128 e. The number of anilines is 1. The Bertz CT molecular complexity index is 299.